The SMILES string of the molecule is Cc1ccc(/C([O-])=C2\C(=O)C(=O)N(CC[NH+](C)C)C2c2ccc(F)cc2)cc1. The Hall–Kier alpha value is -2.99. The summed E-state index contributed by atoms with van der Waals surface area (Å²) in [5.74, 6) is -2.36. The van der Waals surface area contributed by atoms with Crippen molar-refractivity contribution in [3.8, 4) is 0 Å². The van der Waals surface area contributed by atoms with Gasteiger partial charge in [-0.1, -0.05) is 47.7 Å². The number of halogens is 1. The van der Waals surface area contributed by atoms with Crippen molar-refractivity contribution in [1.82, 2.24) is 4.90 Å². The third-order valence-electron chi connectivity index (χ3n) is 4.88. The molecule has 28 heavy (non-hydrogen) atoms. The predicted molar refractivity (Wildman–Crippen MR) is 102 cm³/mol. The molecule has 146 valence electrons. The Balaban J connectivity index is 2.13. The lowest BCUT2D eigenvalue weighted by molar-refractivity contribution is -0.857. The highest BCUT2D eigenvalue weighted by atomic mass is 19.1. The van der Waals surface area contributed by atoms with Crippen LogP contribution in [-0.4, -0.2) is 43.8 Å². The molecule has 1 atom stereocenters. The number of Topliss-reactive ketones (excluding diaryl/α,β-unsaturated/α-hetero) is 1. The molecule has 0 spiro atoms. The fourth-order valence-electron chi connectivity index (χ4n) is 3.30. The summed E-state index contributed by atoms with van der Waals surface area (Å²) >= 11 is 0. The van der Waals surface area contributed by atoms with Crippen molar-refractivity contribution < 1.29 is 24.0 Å². The lowest BCUT2D eigenvalue weighted by Crippen LogP contribution is -3.06. The number of aryl methyl sites for hydroxylation is 1. The molecule has 1 amide bonds. The van der Waals surface area contributed by atoms with Crippen LogP contribution in [0.1, 0.15) is 22.7 Å². The van der Waals surface area contributed by atoms with E-state index in [1.807, 2.05) is 21.0 Å². The fourth-order valence-corrected chi connectivity index (χ4v) is 3.30. The minimum Gasteiger partial charge on any atom is -0.872 e. The molecule has 0 bridgehead atoms. The molecule has 5 nitrogen and oxygen atoms in total. The number of amides is 1. The van der Waals surface area contributed by atoms with Crippen LogP contribution in [0.15, 0.2) is 54.1 Å². The van der Waals surface area contributed by atoms with E-state index in [-0.39, 0.29) is 5.57 Å². The lowest BCUT2D eigenvalue weighted by Gasteiger charge is -2.27. The Morgan fingerprint density at radius 2 is 1.68 bits per heavy atom. The van der Waals surface area contributed by atoms with Gasteiger partial charge >= 0.3 is 0 Å². The second-order valence-electron chi connectivity index (χ2n) is 7.35. The number of rotatable bonds is 5. The van der Waals surface area contributed by atoms with Crippen LogP contribution in [0.5, 0.6) is 0 Å². The van der Waals surface area contributed by atoms with Gasteiger partial charge in [-0.05, 0) is 30.2 Å². The molecular formula is C22H23FN2O3. The molecule has 1 saturated heterocycles. The molecule has 2 aromatic carbocycles. The van der Waals surface area contributed by atoms with Crippen molar-refractivity contribution in [2.45, 2.75) is 13.0 Å². The maximum absolute atomic E-state index is 13.4. The van der Waals surface area contributed by atoms with E-state index in [0.29, 0.717) is 24.2 Å². The van der Waals surface area contributed by atoms with Gasteiger partial charge in [-0.25, -0.2) is 4.39 Å². The minimum absolute atomic E-state index is 0.0748. The summed E-state index contributed by atoms with van der Waals surface area (Å²) in [4.78, 5) is 28.0. The summed E-state index contributed by atoms with van der Waals surface area (Å²) in [7, 11) is 3.88. The average Bonchev–Trinajstić information content (AvgIpc) is 2.91. The second kappa shape index (κ2) is 7.94. The van der Waals surface area contributed by atoms with Crippen LogP contribution in [0.25, 0.3) is 5.76 Å². The van der Waals surface area contributed by atoms with E-state index in [4.69, 9.17) is 0 Å². The molecule has 1 aliphatic heterocycles. The summed E-state index contributed by atoms with van der Waals surface area (Å²) in [6, 6.07) is 11.6. The summed E-state index contributed by atoms with van der Waals surface area (Å²) in [5.41, 5.74) is 1.81. The van der Waals surface area contributed by atoms with Crippen molar-refractivity contribution in [2.75, 3.05) is 27.2 Å². The van der Waals surface area contributed by atoms with Gasteiger partial charge in [-0.2, -0.15) is 0 Å². The van der Waals surface area contributed by atoms with E-state index in [2.05, 4.69) is 0 Å². The van der Waals surface area contributed by atoms with Gasteiger partial charge < -0.3 is 14.9 Å². The topological polar surface area (TPSA) is 64.9 Å². The number of likely N-dealkylation sites (tertiary alicyclic amines) is 1. The predicted octanol–water partition coefficient (Wildman–Crippen LogP) is 0.503. The first-order chi connectivity index (χ1) is 13.3. The third kappa shape index (κ3) is 3.82. The van der Waals surface area contributed by atoms with Gasteiger partial charge in [0, 0.05) is 5.57 Å². The first-order valence-electron chi connectivity index (χ1n) is 9.17. The quantitative estimate of drug-likeness (QED) is 0.465. The van der Waals surface area contributed by atoms with Crippen molar-refractivity contribution >= 4 is 17.4 Å². The van der Waals surface area contributed by atoms with Crippen LogP contribution in [0.3, 0.4) is 0 Å². The summed E-state index contributed by atoms with van der Waals surface area (Å²) < 4.78 is 13.4. The summed E-state index contributed by atoms with van der Waals surface area (Å²) in [6.07, 6.45) is 0. The summed E-state index contributed by atoms with van der Waals surface area (Å²) in [6.45, 7) is 2.83. The van der Waals surface area contributed by atoms with Crippen LogP contribution in [0.2, 0.25) is 0 Å². The van der Waals surface area contributed by atoms with E-state index < -0.39 is 29.3 Å². The monoisotopic (exact) mass is 382 g/mol. The highest BCUT2D eigenvalue weighted by molar-refractivity contribution is 6.46. The molecule has 0 radical (unpaired) electrons. The van der Waals surface area contributed by atoms with E-state index >= 15 is 0 Å². The zero-order valence-electron chi connectivity index (χ0n) is 16.2. The van der Waals surface area contributed by atoms with Crippen LogP contribution in [0.4, 0.5) is 4.39 Å². The van der Waals surface area contributed by atoms with Crippen LogP contribution < -0.4 is 10.0 Å². The second-order valence-corrected chi connectivity index (χ2v) is 7.35. The Bertz CT molecular complexity index is 918. The number of carbonyl (C=O) groups is 2. The molecule has 2 aromatic rings. The van der Waals surface area contributed by atoms with Crippen LogP contribution in [-0.2, 0) is 9.59 Å². The molecule has 0 saturated carbocycles. The van der Waals surface area contributed by atoms with Crippen LogP contribution in [0, 0.1) is 12.7 Å². The molecule has 1 fully saturated rings. The zero-order chi connectivity index (χ0) is 20.4. The third-order valence-corrected chi connectivity index (χ3v) is 4.88. The van der Waals surface area contributed by atoms with E-state index in [1.54, 1.807) is 24.3 Å². The van der Waals surface area contributed by atoms with Gasteiger partial charge in [0.2, 0.25) is 5.78 Å². The lowest BCUT2D eigenvalue weighted by atomic mass is 9.95. The maximum Gasteiger partial charge on any atom is 0.295 e. The maximum atomic E-state index is 13.4. The highest BCUT2D eigenvalue weighted by Crippen LogP contribution is 2.38. The van der Waals surface area contributed by atoms with Gasteiger partial charge in [0.15, 0.2) is 0 Å². The number of hydrogen-bond donors (Lipinski definition) is 1. The number of nitrogens with one attached hydrogen (secondary N) is 1. The molecule has 1 aliphatic rings. The van der Waals surface area contributed by atoms with Crippen molar-refractivity contribution in [2.24, 2.45) is 0 Å². The number of likely N-dealkylation sites (N-methyl/N-ethyl adjacent to an activating group) is 1. The molecule has 3 rings (SSSR count). The van der Waals surface area contributed by atoms with Gasteiger partial charge in [0.1, 0.15) is 5.82 Å². The number of ketones is 1. The van der Waals surface area contributed by atoms with E-state index in [1.165, 1.54) is 29.2 Å². The largest absolute Gasteiger partial charge is 0.872 e. The van der Waals surface area contributed by atoms with E-state index in [9.17, 15) is 19.1 Å². The number of nitrogens with zero attached hydrogens (tertiary/aromatic N) is 1. The molecule has 1 N–H and O–H groups in total. The minimum atomic E-state index is -0.811. The smallest absolute Gasteiger partial charge is 0.295 e. The van der Waals surface area contributed by atoms with Crippen LogP contribution >= 0.6 is 0 Å². The molecule has 1 unspecified atom stereocenters. The Morgan fingerprint density at radius 1 is 1.07 bits per heavy atom. The Kier molecular flexibility index (Phi) is 5.61. The molecule has 1 heterocycles. The molecule has 0 aromatic heterocycles. The fraction of sp³-hybridized carbons (Fsp3) is 0.273. The van der Waals surface area contributed by atoms with Crippen molar-refractivity contribution in [3.63, 3.8) is 0 Å². The molecule has 0 aliphatic carbocycles. The standard InChI is InChI=1S/C22H23FN2O3/c1-14-4-6-16(7-5-14)20(26)18-19(15-8-10-17(23)11-9-15)25(13-12-24(2)3)22(28)21(18)27/h4-11,19,26H,12-13H2,1-3H3/b20-18+. The number of benzene rings is 2. The highest BCUT2D eigenvalue weighted by Gasteiger charge is 2.44. The molecular weight excluding hydrogens is 359 g/mol. The van der Waals surface area contributed by atoms with Crippen molar-refractivity contribution in [1.29, 1.82) is 0 Å². The van der Waals surface area contributed by atoms with Gasteiger partial charge in [0.25, 0.3) is 5.91 Å². The number of quaternary nitrogens is 1. The normalized spacial score (nSPS) is 18.9. The Labute approximate surface area is 163 Å². The van der Waals surface area contributed by atoms with Gasteiger partial charge in [-0.3, -0.25) is 9.59 Å². The average molecular weight is 382 g/mol. The number of hydrogen-bond acceptors (Lipinski definition) is 3. The number of carbonyl (C=O) groups excluding carboxylic acids is 2. The first kappa shape index (κ1) is 19.8. The van der Waals surface area contributed by atoms with Crippen molar-refractivity contribution in [3.05, 3.63) is 76.6 Å². The van der Waals surface area contributed by atoms with Gasteiger partial charge in [-0.15, -0.1) is 0 Å². The zero-order valence-corrected chi connectivity index (χ0v) is 16.2. The molecule has 6 heteroatoms. The summed E-state index contributed by atoms with van der Waals surface area (Å²) in [5, 5.41) is 13.1. The van der Waals surface area contributed by atoms with E-state index in [0.717, 1.165) is 10.5 Å². The first-order valence-corrected chi connectivity index (χ1v) is 9.17. The Morgan fingerprint density at radius 3 is 2.25 bits per heavy atom. The van der Waals surface area contributed by atoms with Gasteiger partial charge in [0.05, 0.1) is 33.2 Å².